The second kappa shape index (κ2) is 11.0. The van der Waals surface area contributed by atoms with Crippen LogP contribution < -0.4 is 4.74 Å². The third kappa shape index (κ3) is 7.08. The molecular formula is C27H36O9S. The number of benzene rings is 2. The van der Waals surface area contributed by atoms with Gasteiger partial charge in [-0.25, -0.2) is 0 Å². The first-order valence-electron chi connectivity index (χ1n) is 12.3. The molecule has 2 heterocycles. The Balaban J connectivity index is 1.43. The smallest absolute Gasteiger partial charge is 0.297 e. The zero-order chi connectivity index (χ0) is 26.8. The number of methoxy groups -OCH3 is 1. The molecule has 2 aromatic carbocycles. The van der Waals surface area contributed by atoms with Gasteiger partial charge in [-0.15, -0.1) is 0 Å². The van der Waals surface area contributed by atoms with Crippen molar-refractivity contribution in [1.29, 1.82) is 0 Å². The molecule has 0 bridgehead atoms. The Labute approximate surface area is 219 Å². The molecule has 4 atom stereocenters. The van der Waals surface area contributed by atoms with Gasteiger partial charge in [-0.2, -0.15) is 8.42 Å². The van der Waals surface area contributed by atoms with E-state index in [-0.39, 0.29) is 18.1 Å². The molecule has 2 aliphatic heterocycles. The van der Waals surface area contributed by atoms with Crippen molar-refractivity contribution in [3.8, 4) is 5.75 Å². The molecule has 0 unspecified atom stereocenters. The molecule has 0 spiro atoms. The van der Waals surface area contributed by atoms with Crippen LogP contribution in [0.5, 0.6) is 5.75 Å². The molecule has 37 heavy (non-hydrogen) atoms. The Morgan fingerprint density at radius 2 is 1.32 bits per heavy atom. The maximum absolute atomic E-state index is 12.8. The van der Waals surface area contributed by atoms with Gasteiger partial charge in [0, 0.05) is 0 Å². The van der Waals surface area contributed by atoms with Gasteiger partial charge >= 0.3 is 0 Å². The molecule has 4 rings (SSSR count). The number of rotatable bonds is 10. The van der Waals surface area contributed by atoms with Gasteiger partial charge in [0.05, 0.1) is 31.8 Å². The van der Waals surface area contributed by atoms with E-state index in [2.05, 4.69) is 0 Å². The van der Waals surface area contributed by atoms with Crippen LogP contribution in [0.4, 0.5) is 0 Å². The molecule has 0 radical (unpaired) electrons. The lowest BCUT2D eigenvalue weighted by Crippen LogP contribution is -2.45. The number of aryl methyl sites for hydroxylation is 1. The highest BCUT2D eigenvalue weighted by Gasteiger charge is 2.54. The third-order valence-corrected chi connectivity index (χ3v) is 7.47. The topological polar surface area (TPSA) is 98.8 Å². The predicted molar refractivity (Wildman–Crippen MR) is 135 cm³/mol. The number of hydrogen-bond acceptors (Lipinski definition) is 9. The summed E-state index contributed by atoms with van der Waals surface area (Å²) in [7, 11) is -2.35. The zero-order valence-corrected chi connectivity index (χ0v) is 22.9. The molecule has 0 aliphatic carbocycles. The molecule has 2 aromatic rings. The fourth-order valence-electron chi connectivity index (χ4n) is 4.49. The van der Waals surface area contributed by atoms with Crippen molar-refractivity contribution in [1.82, 2.24) is 0 Å². The summed E-state index contributed by atoms with van der Waals surface area (Å²) in [5.41, 5.74) is 1.94. The summed E-state index contributed by atoms with van der Waals surface area (Å²) in [5.74, 6) is -1.07. The molecule has 10 heteroatoms. The fourth-order valence-corrected chi connectivity index (χ4v) is 5.40. The van der Waals surface area contributed by atoms with Gasteiger partial charge in [-0.1, -0.05) is 29.8 Å². The van der Waals surface area contributed by atoms with Crippen LogP contribution in [0.1, 0.15) is 38.8 Å². The molecule has 2 saturated heterocycles. The van der Waals surface area contributed by atoms with Crippen molar-refractivity contribution in [2.24, 2.45) is 0 Å². The van der Waals surface area contributed by atoms with Gasteiger partial charge in [-0.3, -0.25) is 4.18 Å². The van der Waals surface area contributed by atoms with Gasteiger partial charge < -0.3 is 28.4 Å². The Hall–Kier alpha value is -2.05. The van der Waals surface area contributed by atoms with Gasteiger partial charge in [0.15, 0.2) is 11.6 Å². The third-order valence-electron chi connectivity index (χ3n) is 6.17. The van der Waals surface area contributed by atoms with Crippen LogP contribution in [0.2, 0.25) is 0 Å². The summed E-state index contributed by atoms with van der Waals surface area (Å²) in [4.78, 5) is 0.0826. The van der Waals surface area contributed by atoms with E-state index in [0.29, 0.717) is 6.61 Å². The van der Waals surface area contributed by atoms with Crippen LogP contribution in [0.15, 0.2) is 53.4 Å². The first-order valence-corrected chi connectivity index (χ1v) is 13.7. The van der Waals surface area contributed by atoms with E-state index < -0.39 is 46.1 Å². The maximum atomic E-state index is 12.8. The summed E-state index contributed by atoms with van der Waals surface area (Å²) in [5, 5.41) is 0. The summed E-state index contributed by atoms with van der Waals surface area (Å²) >= 11 is 0. The standard InChI is InChI=1S/C27H36O9S/c1-18-7-13-21(14-8-18)37(28,29)32-17-23-25(36-27(4,5)34-23)24-22(33-26(2,3)35-24)16-31-15-19-9-11-20(30-6)12-10-19/h7-14,22-25H,15-17H2,1-6H3/t22-,23+,24+,25-/m0/s1. The summed E-state index contributed by atoms with van der Waals surface area (Å²) in [6.45, 7) is 9.45. The molecule has 0 amide bonds. The second-order valence-corrected chi connectivity index (χ2v) is 11.8. The van der Waals surface area contributed by atoms with E-state index in [4.69, 9.17) is 32.6 Å². The highest BCUT2D eigenvalue weighted by Crippen LogP contribution is 2.39. The van der Waals surface area contributed by atoms with Crippen LogP contribution in [-0.2, 0) is 44.6 Å². The van der Waals surface area contributed by atoms with Crippen LogP contribution in [-0.4, -0.2) is 64.7 Å². The molecule has 0 N–H and O–H groups in total. The molecule has 2 fully saturated rings. The van der Waals surface area contributed by atoms with Gasteiger partial charge in [0.25, 0.3) is 10.1 Å². The summed E-state index contributed by atoms with van der Waals surface area (Å²) in [6.07, 6.45) is -2.38. The normalized spacial score (nSPS) is 26.9. The lowest BCUT2D eigenvalue weighted by atomic mass is 10.0. The fraction of sp³-hybridized carbons (Fsp3) is 0.556. The van der Waals surface area contributed by atoms with E-state index in [1.807, 2.05) is 45.0 Å². The number of ether oxygens (including phenoxy) is 6. The highest BCUT2D eigenvalue weighted by atomic mass is 32.2. The molecule has 0 saturated carbocycles. The van der Waals surface area contributed by atoms with Crippen molar-refractivity contribution in [3.05, 3.63) is 59.7 Å². The lowest BCUT2D eigenvalue weighted by molar-refractivity contribution is -0.175. The van der Waals surface area contributed by atoms with Crippen LogP contribution in [0.25, 0.3) is 0 Å². The van der Waals surface area contributed by atoms with Gasteiger partial charge in [-0.05, 0) is 64.4 Å². The Morgan fingerprint density at radius 1 is 0.784 bits per heavy atom. The van der Waals surface area contributed by atoms with Gasteiger partial charge in [0.1, 0.15) is 30.2 Å². The average molecular weight is 537 g/mol. The van der Waals surface area contributed by atoms with Crippen molar-refractivity contribution in [2.75, 3.05) is 20.3 Å². The molecule has 204 valence electrons. The minimum atomic E-state index is -3.98. The van der Waals surface area contributed by atoms with Gasteiger partial charge in [0.2, 0.25) is 0 Å². The predicted octanol–water partition coefficient (Wildman–Crippen LogP) is 3.97. The maximum Gasteiger partial charge on any atom is 0.297 e. The van der Waals surface area contributed by atoms with Crippen LogP contribution in [0.3, 0.4) is 0 Å². The largest absolute Gasteiger partial charge is 0.497 e. The molecule has 9 nitrogen and oxygen atoms in total. The molecule has 0 aromatic heterocycles. The second-order valence-electron chi connectivity index (χ2n) is 10.2. The van der Waals surface area contributed by atoms with E-state index >= 15 is 0 Å². The lowest BCUT2D eigenvalue weighted by Gasteiger charge is -2.26. The van der Waals surface area contributed by atoms with Crippen molar-refractivity contribution in [2.45, 2.75) is 82.1 Å². The van der Waals surface area contributed by atoms with Crippen LogP contribution >= 0.6 is 0 Å². The van der Waals surface area contributed by atoms with E-state index in [9.17, 15) is 8.42 Å². The Bertz CT molecular complexity index is 1140. The van der Waals surface area contributed by atoms with E-state index in [0.717, 1.165) is 16.9 Å². The highest BCUT2D eigenvalue weighted by molar-refractivity contribution is 7.86. The summed E-state index contributed by atoms with van der Waals surface area (Å²) in [6, 6.07) is 14.1. The van der Waals surface area contributed by atoms with Crippen molar-refractivity contribution in [3.63, 3.8) is 0 Å². The molecule has 2 aliphatic rings. The van der Waals surface area contributed by atoms with Crippen molar-refractivity contribution < 1.29 is 41.0 Å². The average Bonchev–Trinajstić information content (AvgIpc) is 3.32. The van der Waals surface area contributed by atoms with Crippen molar-refractivity contribution >= 4 is 10.1 Å². The quantitative estimate of drug-likeness (QED) is 0.418. The number of hydrogen-bond donors (Lipinski definition) is 0. The first kappa shape index (κ1) is 28.0. The SMILES string of the molecule is COc1ccc(COC[C@@H]2OC(C)(C)O[C@H]2[C@H]2OC(C)(C)O[C@@H]2COS(=O)(=O)c2ccc(C)cc2)cc1. The summed E-state index contributed by atoms with van der Waals surface area (Å²) < 4.78 is 66.6. The first-order chi connectivity index (χ1) is 17.4. The van der Waals surface area contributed by atoms with Crippen LogP contribution in [0, 0.1) is 6.92 Å². The Kier molecular flexibility index (Phi) is 8.30. The minimum absolute atomic E-state index is 0.0826. The zero-order valence-electron chi connectivity index (χ0n) is 22.1. The monoisotopic (exact) mass is 536 g/mol. The molecular weight excluding hydrogens is 500 g/mol. The minimum Gasteiger partial charge on any atom is -0.497 e. The Morgan fingerprint density at radius 3 is 1.86 bits per heavy atom. The van der Waals surface area contributed by atoms with E-state index in [1.54, 1.807) is 33.1 Å². The van der Waals surface area contributed by atoms with E-state index in [1.165, 1.54) is 12.1 Å².